The maximum atomic E-state index is 12.7. The van der Waals surface area contributed by atoms with Crippen molar-refractivity contribution in [3.8, 4) is 11.8 Å². The molecule has 158 valence electrons. The molecule has 2 aromatic carbocycles. The third kappa shape index (κ3) is 4.21. The molecule has 0 unspecified atom stereocenters. The van der Waals surface area contributed by atoms with Crippen LogP contribution >= 0.6 is 15.9 Å². The Bertz CT molecular complexity index is 1160. The third-order valence-electron chi connectivity index (χ3n) is 4.91. The minimum absolute atomic E-state index is 0.183. The van der Waals surface area contributed by atoms with Crippen molar-refractivity contribution >= 4 is 31.6 Å². The first-order valence-corrected chi connectivity index (χ1v) is 11.9. The van der Waals surface area contributed by atoms with Crippen LogP contribution in [0.4, 0.5) is 5.69 Å². The predicted molar refractivity (Wildman–Crippen MR) is 117 cm³/mol. The summed E-state index contributed by atoms with van der Waals surface area (Å²) in [5.41, 5.74) is 2.32. The number of fused-ring (bicyclic) bond motifs is 1. The average Bonchev–Trinajstić information content (AvgIpc) is 3.34. The molecule has 1 aliphatic rings. The van der Waals surface area contributed by atoms with Gasteiger partial charge in [-0.2, -0.15) is 0 Å². The Labute approximate surface area is 183 Å². The number of ether oxygens (including phenoxy) is 1. The summed E-state index contributed by atoms with van der Waals surface area (Å²) in [6, 6.07) is 12.1. The second-order valence-corrected chi connectivity index (χ2v) is 9.61. The van der Waals surface area contributed by atoms with E-state index in [2.05, 4.69) is 36.2 Å². The molecule has 0 fully saturated rings. The molecule has 0 spiro atoms. The zero-order valence-electron chi connectivity index (χ0n) is 16.6. The lowest BCUT2D eigenvalue weighted by Crippen LogP contribution is -2.29. The van der Waals surface area contributed by atoms with Crippen molar-refractivity contribution < 1.29 is 13.2 Å². The molecular formula is C20H22BrN5O3S. The first kappa shape index (κ1) is 20.8. The van der Waals surface area contributed by atoms with E-state index in [4.69, 9.17) is 4.74 Å². The summed E-state index contributed by atoms with van der Waals surface area (Å²) >= 11 is 3.31. The molecule has 0 aliphatic carbocycles. The van der Waals surface area contributed by atoms with Crippen LogP contribution in [0.5, 0.6) is 11.8 Å². The van der Waals surface area contributed by atoms with Gasteiger partial charge in [-0.15, -0.1) is 5.10 Å². The van der Waals surface area contributed by atoms with Crippen LogP contribution in [0.25, 0.3) is 0 Å². The number of sulfonamides is 1. The number of benzene rings is 2. The van der Waals surface area contributed by atoms with E-state index in [0.717, 1.165) is 23.1 Å². The monoisotopic (exact) mass is 491 g/mol. The van der Waals surface area contributed by atoms with E-state index in [1.165, 1.54) is 5.56 Å². The van der Waals surface area contributed by atoms with Gasteiger partial charge in [0.1, 0.15) is 5.75 Å². The molecule has 4 rings (SSSR count). The van der Waals surface area contributed by atoms with E-state index >= 15 is 0 Å². The smallest absolute Gasteiger partial charge is 0.322 e. The lowest BCUT2D eigenvalue weighted by atomic mass is 10.2. The highest BCUT2D eigenvalue weighted by molar-refractivity contribution is 9.10. The second-order valence-electron chi connectivity index (χ2n) is 6.98. The molecular weight excluding hydrogens is 470 g/mol. The van der Waals surface area contributed by atoms with Gasteiger partial charge in [-0.3, -0.25) is 4.57 Å². The first-order chi connectivity index (χ1) is 14.4. The Kier molecular flexibility index (Phi) is 5.81. The fourth-order valence-corrected chi connectivity index (χ4v) is 4.86. The van der Waals surface area contributed by atoms with Gasteiger partial charge < -0.3 is 10.1 Å². The van der Waals surface area contributed by atoms with Gasteiger partial charge in [0.15, 0.2) is 5.82 Å². The lowest BCUT2D eigenvalue weighted by molar-refractivity contribution is 0.408. The van der Waals surface area contributed by atoms with Crippen LogP contribution in [0.3, 0.4) is 0 Å². The summed E-state index contributed by atoms with van der Waals surface area (Å²) in [6.07, 6.45) is 1.00. The molecule has 1 aliphatic heterocycles. The molecule has 2 heterocycles. The summed E-state index contributed by atoms with van der Waals surface area (Å²) in [6.45, 7) is 5.12. The van der Waals surface area contributed by atoms with E-state index in [-0.39, 0.29) is 4.90 Å². The van der Waals surface area contributed by atoms with Gasteiger partial charge in [-0.25, -0.2) is 13.1 Å². The molecule has 3 aromatic rings. The van der Waals surface area contributed by atoms with Crippen LogP contribution in [-0.4, -0.2) is 29.7 Å². The maximum Gasteiger partial charge on any atom is 0.322 e. The van der Waals surface area contributed by atoms with Crippen molar-refractivity contribution in [2.75, 3.05) is 11.9 Å². The van der Waals surface area contributed by atoms with Crippen LogP contribution < -0.4 is 14.8 Å². The molecule has 1 atom stereocenters. The highest BCUT2D eigenvalue weighted by Crippen LogP contribution is 2.30. The lowest BCUT2D eigenvalue weighted by Gasteiger charge is -2.15. The van der Waals surface area contributed by atoms with Gasteiger partial charge in [-0.1, -0.05) is 27.1 Å². The van der Waals surface area contributed by atoms with E-state index in [1.807, 2.05) is 25.1 Å². The van der Waals surface area contributed by atoms with Crippen LogP contribution in [0.15, 0.2) is 51.8 Å². The quantitative estimate of drug-likeness (QED) is 0.520. The Morgan fingerprint density at radius 2 is 2.00 bits per heavy atom. The predicted octanol–water partition coefficient (Wildman–Crippen LogP) is 3.86. The molecule has 2 N–H and O–H groups in total. The summed E-state index contributed by atoms with van der Waals surface area (Å²) in [5, 5.41) is 11.6. The summed E-state index contributed by atoms with van der Waals surface area (Å²) < 4.78 is 36.6. The highest BCUT2D eigenvalue weighted by Gasteiger charge is 2.24. The first-order valence-electron chi connectivity index (χ1n) is 9.63. The van der Waals surface area contributed by atoms with E-state index in [1.54, 1.807) is 35.8 Å². The normalized spacial score (nSPS) is 14.2. The molecule has 0 bridgehead atoms. The van der Waals surface area contributed by atoms with E-state index < -0.39 is 16.1 Å². The van der Waals surface area contributed by atoms with Gasteiger partial charge in [0.25, 0.3) is 0 Å². The summed E-state index contributed by atoms with van der Waals surface area (Å²) in [5.74, 6) is 1.13. The SMILES string of the molecule is CCn1c(Oc2ccc3c(c2)NCC3)nnc1[C@@H](C)NS(=O)(=O)c1ccc(Br)cc1. The molecule has 0 saturated carbocycles. The minimum Gasteiger partial charge on any atom is -0.424 e. The number of halogens is 1. The second kappa shape index (κ2) is 8.37. The van der Waals surface area contributed by atoms with Gasteiger partial charge in [-0.05, 0) is 56.2 Å². The molecule has 0 amide bonds. The average molecular weight is 492 g/mol. The molecule has 8 nitrogen and oxygen atoms in total. The number of aromatic nitrogens is 3. The molecule has 10 heteroatoms. The van der Waals surface area contributed by atoms with E-state index in [9.17, 15) is 8.42 Å². The van der Waals surface area contributed by atoms with Crippen LogP contribution in [0.1, 0.15) is 31.3 Å². The number of nitrogens with one attached hydrogen (secondary N) is 2. The van der Waals surface area contributed by atoms with Gasteiger partial charge in [0, 0.05) is 29.3 Å². The zero-order chi connectivity index (χ0) is 21.3. The van der Waals surface area contributed by atoms with Crippen LogP contribution in [0, 0.1) is 0 Å². The molecule has 1 aromatic heterocycles. The summed E-state index contributed by atoms with van der Waals surface area (Å²) in [7, 11) is -3.71. The maximum absolute atomic E-state index is 12.7. The molecule has 30 heavy (non-hydrogen) atoms. The topological polar surface area (TPSA) is 98.1 Å². The van der Waals surface area contributed by atoms with Gasteiger partial charge in [0.2, 0.25) is 10.0 Å². The Morgan fingerprint density at radius 3 is 2.73 bits per heavy atom. The minimum atomic E-state index is -3.71. The van der Waals surface area contributed by atoms with Crippen molar-refractivity contribution in [2.24, 2.45) is 0 Å². The number of anilines is 1. The fraction of sp³-hybridized carbons (Fsp3) is 0.300. The standard InChI is InChI=1S/C20H22BrN5O3S/c1-3-26-19(13(2)25-30(27,28)17-8-5-15(21)6-9-17)23-24-20(26)29-16-7-4-14-10-11-22-18(14)12-16/h4-9,12-13,22,25H,3,10-11H2,1-2H3/t13-/m1/s1. The van der Waals surface area contributed by atoms with Crippen LogP contribution in [-0.2, 0) is 23.0 Å². The zero-order valence-corrected chi connectivity index (χ0v) is 19.0. The number of rotatable bonds is 7. The van der Waals surface area contributed by atoms with Gasteiger partial charge in [0.05, 0.1) is 10.9 Å². The van der Waals surface area contributed by atoms with Crippen molar-refractivity contribution in [3.63, 3.8) is 0 Å². The van der Waals surface area contributed by atoms with E-state index in [0.29, 0.717) is 24.1 Å². The third-order valence-corrected chi connectivity index (χ3v) is 6.99. The number of nitrogens with zero attached hydrogens (tertiary/aromatic N) is 3. The van der Waals surface area contributed by atoms with Crippen molar-refractivity contribution in [3.05, 3.63) is 58.3 Å². The van der Waals surface area contributed by atoms with Crippen molar-refractivity contribution in [1.29, 1.82) is 0 Å². The number of hydrogen-bond donors (Lipinski definition) is 2. The Balaban J connectivity index is 1.54. The molecule has 0 radical (unpaired) electrons. The molecule has 0 saturated heterocycles. The van der Waals surface area contributed by atoms with Gasteiger partial charge >= 0.3 is 6.01 Å². The Hall–Kier alpha value is -2.43. The van der Waals surface area contributed by atoms with Crippen molar-refractivity contribution in [2.45, 2.75) is 37.8 Å². The summed E-state index contributed by atoms with van der Waals surface area (Å²) in [4.78, 5) is 0.183. The van der Waals surface area contributed by atoms with Crippen LogP contribution in [0.2, 0.25) is 0 Å². The fourth-order valence-electron chi connectivity index (χ4n) is 3.40. The highest BCUT2D eigenvalue weighted by atomic mass is 79.9. The number of hydrogen-bond acceptors (Lipinski definition) is 6. The van der Waals surface area contributed by atoms with Crippen molar-refractivity contribution in [1.82, 2.24) is 19.5 Å². The largest absolute Gasteiger partial charge is 0.424 e. The Morgan fingerprint density at radius 1 is 1.23 bits per heavy atom.